The monoisotopic (exact) mass is 387 g/mol. The fourth-order valence-corrected chi connectivity index (χ4v) is 2.06. The van der Waals surface area contributed by atoms with E-state index < -0.39 is 12.8 Å². The van der Waals surface area contributed by atoms with Crippen molar-refractivity contribution in [2.75, 3.05) is 19.8 Å². The molecule has 0 heterocycles. The first kappa shape index (κ1) is 16.7. The van der Waals surface area contributed by atoms with Gasteiger partial charge in [-0.2, -0.15) is 13.2 Å². The topological polar surface area (TPSA) is 21.3 Å². The molecule has 108 valence electrons. The molecule has 1 rings (SSSR count). The Kier molecular flexibility index (Phi) is 7.09. The molecule has 0 aliphatic carbocycles. The summed E-state index contributed by atoms with van der Waals surface area (Å²) in [6, 6.07) is 7.82. The Morgan fingerprint density at radius 2 is 1.89 bits per heavy atom. The predicted octanol–water partition coefficient (Wildman–Crippen LogP) is 3.39. The average molecular weight is 387 g/mol. The largest absolute Gasteiger partial charge is 0.411 e. The molecule has 6 heteroatoms. The zero-order valence-electron chi connectivity index (χ0n) is 10.6. The van der Waals surface area contributed by atoms with E-state index in [1.807, 2.05) is 31.2 Å². The van der Waals surface area contributed by atoms with E-state index >= 15 is 0 Å². The van der Waals surface area contributed by atoms with Crippen LogP contribution < -0.4 is 5.32 Å². The highest BCUT2D eigenvalue weighted by Gasteiger charge is 2.27. The van der Waals surface area contributed by atoms with E-state index in [4.69, 9.17) is 4.74 Å². The molecular weight excluding hydrogens is 370 g/mol. The smallest absolute Gasteiger partial charge is 0.370 e. The van der Waals surface area contributed by atoms with E-state index in [-0.39, 0.29) is 12.6 Å². The van der Waals surface area contributed by atoms with Gasteiger partial charge in [-0.05, 0) is 53.3 Å². The van der Waals surface area contributed by atoms with E-state index in [0.717, 1.165) is 9.13 Å². The lowest BCUT2D eigenvalue weighted by Crippen LogP contribution is -2.36. The van der Waals surface area contributed by atoms with Crippen LogP contribution in [-0.2, 0) is 11.2 Å². The van der Waals surface area contributed by atoms with Gasteiger partial charge in [0.25, 0.3) is 0 Å². The third-order valence-corrected chi connectivity index (χ3v) is 3.19. The van der Waals surface area contributed by atoms with Crippen LogP contribution in [0.2, 0.25) is 0 Å². The Morgan fingerprint density at radius 3 is 2.42 bits per heavy atom. The molecule has 0 saturated carbocycles. The molecule has 1 aromatic rings. The Labute approximate surface area is 124 Å². The van der Waals surface area contributed by atoms with Crippen molar-refractivity contribution < 1.29 is 17.9 Å². The lowest BCUT2D eigenvalue weighted by atomic mass is 10.1. The minimum absolute atomic E-state index is 0.0549. The first-order valence-corrected chi connectivity index (χ1v) is 7.11. The van der Waals surface area contributed by atoms with Crippen molar-refractivity contribution in [3.63, 3.8) is 0 Å². The van der Waals surface area contributed by atoms with Gasteiger partial charge in [-0.25, -0.2) is 0 Å². The van der Waals surface area contributed by atoms with Crippen LogP contribution in [0.15, 0.2) is 24.3 Å². The predicted molar refractivity (Wildman–Crippen MR) is 77.2 cm³/mol. The lowest BCUT2D eigenvalue weighted by molar-refractivity contribution is -0.175. The maximum absolute atomic E-state index is 12.0. The Balaban J connectivity index is 2.45. The van der Waals surface area contributed by atoms with Gasteiger partial charge in [0.15, 0.2) is 0 Å². The molecule has 1 aromatic carbocycles. The van der Waals surface area contributed by atoms with Gasteiger partial charge in [0.2, 0.25) is 0 Å². The summed E-state index contributed by atoms with van der Waals surface area (Å²) in [6.07, 6.45) is -3.61. The molecule has 19 heavy (non-hydrogen) atoms. The van der Waals surface area contributed by atoms with E-state index in [2.05, 4.69) is 27.9 Å². The number of alkyl halides is 3. The Bertz CT molecular complexity index is 367. The molecule has 0 amide bonds. The summed E-state index contributed by atoms with van der Waals surface area (Å²) >= 11 is 2.21. The molecule has 1 atom stereocenters. The second-order valence-corrected chi connectivity index (χ2v) is 5.46. The third kappa shape index (κ3) is 7.74. The van der Waals surface area contributed by atoms with Gasteiger partial charge in [0.05, 0.1) is 6.61 Å². The summed E-state index contributed by atoms with van der Waals surface area (Å²) in [5.41, 5.74) is 1.09. The van der Waals surface area contributed by atoms with Gasteiger partial charge in [-0.3, -0.25) is 0 Å². The average Bonchev–Trinajstić information content (AvgIpc) is 2.30. The summed E-state index contributed by atoms with van der Waals surface area (Å²) in [5.74, 6) is 0. The van der Waals surface area contributed by atoms with E-state index in [1.54, 1.807) is 0 Å². The summed E-state index contributed by atoms with van der Waals surface area (Å²) in [6.45, 7) is 1.48. The molecule has 1 unspecified atom stereocenters. The van der Waals surface area contributed by atoms with Crippen molar-refractivity contribution in [1.82, 2.24) is 5.32 Å². The van der Waals surface area contributed by atoms with Crippen molar-refractivity contribution in [3.8, 4) is 0 Å². The van der Waals surface area contributed by atoms with Gasteiger partial charge in [0.1, 0.15) is 6.61 Å². The number of rotatable bonds is 7. The summed E-state index contributed by atoms with van der Waals surface area (Å²) < 4.78 is 41.9. The molecule has 1 N–H and O–H groups in total. The van der Waals surface area contributed by atoms with E-state index in [1.165, 1.54) is 0 Å². The second kappa shape index (κ2) is 8.06. The Morgan fingerprint density at radius 1 is 1.26 bits per heavy atom. The fraction of sp³-hybridized carbons (Fsp3) is 0.538. The van der Waals surface area contributed by atoms with Gasteiger partial charge in [-0.15, -0.1) is 0 Å². The third-order valence-electron chi connectivity index (χ3n) is 2.47. The normalized spacial score (nSPS) is 13.5. The van der Waals surface area contributed by atoms with E-state index in [0.29, 0.717) is 13.0 Å². The van der Waals surface area contributed by atoms with Crippen LogP contribution in [0.25, 0.3) is 0 Å². The Hall–Kier alpha value is -0.340. The number of likely N-dealkylation sites (N-methyl/N-ethyl adjacent to an activating group) is 1. The molecule has 0 aliphatic rings. The SMILES string of the molecule is CCNC(COCC(F)(F)F)Cc1ccc(I)cc1. The number of halogens is 4. The quantitative estimate of drug-likeness (QED) is 0.725. The second-order valence-electron chi connectivity index (χ2n) is 4.22. The minimum Gasteiger partial charge on any atom is -0.370 e. The minimum atomic E-state index is -4.26. The van der Waals surface area contributed by atoms with Crippen LogP contribution >= 0.6 is 22.6 Å². The van der Waals surface area contributed by atoms with Crippen LogP contribution in [-0.4, -0.2) is 32.0 Å². The molecule has 0 spiro atoms. The van der Waals surface area contributed by atoms with Crippen LogP contribution in [0.5, 0.6) is 0 Å². The maximum atomic E-state index is 12.0. The molecule has 0 aliphatic heterocycles. The van der Waals surface area contributed by atoms with Crippen molar-refractivity contribution in [2.45, 2.75) is 25.6 Å². The van der Waals surface area contributed by atoms with Crippen molar-refractivity contribution in [3.05, 3.63) is 33.4 Å². The number of benzene rings is 1. The maximum Gasteiger partial charge on any atom is 0.411 e. The standard InChI is InChI=1S/C13H17F3INO/c1-2-18-12(8-19-9-13(14,15)16)7-10-3-5-11(17)6-4-10/h3-6,12,18H,2,7-9H2,1H3. The lowest BCUT2D eigenvalue weighted by Gasteiger charge is -2.18. The number of hydrogen-bond acceptors (Lipinski definition) is 2. The zero-order chi connectivity index (χ0) is 14.3. The molecule has 2 nitrogen and oxygen atoms in total. The van der Waals surface area contributed by atoms with Crippen molar-refractivity contribution >= 4 is 22.6 Å². The van der Waals surface area contributed by atoms with Crippen LogP contribution in [0.3, 0.4) is 0 Å². The zero-order valence-corrected chi connectivity index (χ0v) is 12.8. The van der Waals surface area contributed by atoms with Crippen LogP contribution in [0.4, 0.5) is 13.2 Å². The molecule has 0 bridgehead atoms. The molecular formula is C13H17F3INO. The molecule has 0 saturated heterocycles. The summed E-state index contributed by atoms with van der Waals surface area (Å²) in [4.78, 5) is 0. The van der Waals surface area contributed by atoms with Gasteiger partial charge in [-0.1, -0.05) is 19.1 Å². The van der Waals surface area contributed by atoms with Gasteiger partial charge < -0.3 is 10.1 Å². The summed E-state index contributed by atoms with van der Waals surface area (Å²) in [7, 11) is 0. The van der Waals surface area contributed by atoms with Crippen molar-refractivity contribution in [2.24, 2.45) is 0 Å². The first-order chi connectivity index (χ1) is 8.90. The van der Waals surface area contributed by atoms with Gasteiger partial charge >= 0.3 is 6.18 Å². The highest BCUT2D eigenvalue weighted by molar-refractivity contribution is 14.1. The summed E-state index contributed by atoms with van der Waals surface area (Å²) in [5, 5.41) is 3.14. The number of ether oxygens (including phenoxy) is 1. The fourth-order valence-electron chi connectivity index (χ4n) is 1.70. The molecule has 0 radical (unpaired) electrons. The van der Waals surface area contributed by atoms with E-state index in [9.17, 15) is 13.2 Å². The van der Waals surface area contributed by atoms with Crippen molar-refractivity contribution in [1.29, 1.82) is 0 Å². The first-order valence-electron chi connectivity index (χ1n) is 6.03. The highest BCUT2D eigenvalue weighted by atomic mass is 127. The van der Waals surface area contributed by atoms with Gasteiger partial charge in [0, 0.05) is 9.61 Å². The van der Waals surface area contributed by atoms with Crippen LogP contribution in [0.1, 0.15) is 12.5 Å². The number of hydrogen-bond donors (Lipinski definition) is 1. The number of nitrogens with one attached hydrogen (secondary N) is 1. The molecule has 0 fully saturated rings. The van der Waals surface area contributed by atoms with Crippen LogP contribution in [0, 0.1) is 3.57 Å². The molecule has 0 aromatic heterocycles. The highest BCUT2D eigenvalue weighted by Crippen LogP contribution is 2.15.